The van der Waals surface area contributed by atoms with Crippen molar-refractivity contribution in [3.8, 4) is 0 Å². The highest BCUT2D eigenvalue weighted by molar-refractivity contribution is 5.74. The molecule has 1 aliphatic rings. The van der Waals surface area contributed by atoms with Gasteiger partial charge in [0, 0.05) is 18.6 Å². The molecule has 0 aromatic carbocycles. The topological polar surface area (TPSA) is 67.1 Å². The van der Waals surface area contributed by atoms with E-state index in [0.29, 0.717) is 12.6 Å². The lowest BCUT2D eigenvalue weighted by Gasteiger charge is -2.11. The van der Waals surface area contributed by atoms with Crippen LogP contribution in [0.1, 0.15) is 19.8 Å². The molecule has 1 atom stereocenters. The number of hydrogen-bond acceptors (Lipinski definition) is 2. The van der Waals surface area contributed by atoms with Crippen molar-refractivity contribution in [1.29, 1.82) is 0 Å². The van der Waals surface area contributed by atoms with Gasteiger partial charge < -0.3 is 16.4 Å². The summed E-state index contributed by atoms with van der Waals surface area (Å²) in [5.41, 5.74) is 5.32. The minimum absolute atomic E-state index is 0.0637. The van der Waals surface area contributed by atoms with Gasteiger partial charge in [0.2, 0.25) is 0 Å². The van der Waals surface area contributed by atoms with Crippen LogP contribution in [0.4, 0.5) is 4.79 Å². The third-order valence-corrected chi connectivity index (χ3v) is 1.64. The monoisotopic (exact) mass is 157 g/mol. The standard InChI is InChI=1S/C7H15N3O/c1-5(4-8)9-7(11)10-6-2-3-6/h5-6H,2-4,8H2,1H3,(H2,9,10,11). The first-order chi connectivity index (χ1) is 5.22. The Labute approximate surface area is 66.5 Å². The number of nitrogens with one attached hydrogen (secondary N) is 2. The van der Waals surface area contributed by atoms with E-state index in [1.165, 1.54) is 0 Å². The van der Waals surface area contributed by atoms with Crippen LogP contribution in [0.15, 0.2) is 0 Å². The number of amides is 2. The van der Waals surface area contributed by atoms with E-state index < -0.39 is 0 Å². The lowest BCUT2D eigenvalue weighted by Crippen LogP contribution is -2.44. The van der Waals surface area contributed by atoms with Gasteiger partial charge in [0.05, 0.1) is 0 Å². The average Bonchev–Trinajstić information content (AvgIpc) is 2.71. The number of rotatable bonds is 3. The summed E-state index contributed by atoms with van der Waals surface area (Å²) in [6.07, 6.45) is 2.23. The number of carbonyl (C=O) groups is 1. The number of hydrogen-bond donors (Lipinski definition) is 3. The molecule has 2 amide bonds. The highest BCUT2D eigenvalue weighted by Gasteiger charge is 2.23. The molecule has 0 aliphatic heterocycles. The fraction of sp³-hybridized carbons (Fsp3) is 0.857. The third kappa shape index (κ3) is 3.23. The van der Waals surface area contributed by atoms with Crippen molar-refractivity contribution >= 4 is 6.03 Å². The Hall–Kier alpha value is -0.770. The summed E-state index contributed by atoms with van der Waals surface area (Å²) in [5, 5.41) is 5.54. The van der Waals surface area contributed by atoms with E-state index in [1.54, 1.807) is 0 Å². The summed E-state index contributed by atoms with van der Waals surface area (Å²) >= 11 is 0. The van der Waals surface area contributed by atoms with Gasteiger partial charge >= 0.3 is 6.03 Å². The quantitative estimate of drug-likeness (QED) is 0.531. The zero-order valence-electron chi connectivity index (χ0n) is 6.76. The second-order valence-electron chi connectivity index (χ2n) is 3.03. The molecule has 1 fully saturated rings. The molecule has 11 heavy (non-hydrogen) atoms. The smallest absolute Gasteiger partial charge is 0.315 e. The van der Waals surface area contributed by atoms with Gasteiger partial charge in [-0.2, -0.15) is 0 Å². The molecule has 4 heteroatoms. The average molecular weight is 157 g/mol. The SMILES string of the molecule is CC(CN)NC(=O)NC1CC1. The Morgan fingerprint density at radius 1 is 1.73 bits per heavy atom. The Kier molecular flexibility index (Phi) is 2.70. The van der Waals surface area contributed by atoms with Gasteiger partial charge in [-0.15, -0.1) is 0 Å². The van der Waals surface area contributed by atoms with Crippen LogP contribution in [0.3, 0.4) is 0 Å². The summed E-state index contributed by atoms with van der Waals surface area (Å²) in [6.45, 7) is 2.37. The number of nitrogens with two attached hydrogens (primary N) is 1. The number of carbonyl (C=O) groups excluding carboxylic acids is 1. The van der Waals surface area contributed by atoms with Crippen molar-refractivity contribution < 1.29 is 4.79 Å². The zero-order chi connectivity index (χ0) is 8.27. The van der Waals surface area contributed by atoms with Crippen LogP contribution in [-0.4, -0.2) is 24.7 Å². The molecule has 1 unspecified atom stereocenters. The third-order valence-electron chi connectivity index (χ3n) is 1.64. The van der Waals surface area contributed by atoms with Crippen LogP contribution >= 0.6 is 0 Å². The molecule has 1 rings (SSSR count). The van der Waals surface area contributed by atoms with Gasteiger partial charge in [-0.25, -0.2) is 4.79 Å². The van der Waals surface area contributed by atoms with Crippen molar-refractivity contribution in [3.63, 3.8) is 0 Å². The maximum absolute atomic E-state index is 11.0. The van der Waals surface area contributed by atoms with Crippen LogP contribution in [0.25, 0.3) is 0 Å². The second kappa shape index (κ2) is 3.57. The van der Waals surface area contributed by atoms with Gasteiger partial charge in [0.25, 0.3) is 0 Å². The second-order valence-corrected chi connectivity index (χ2v) is 3.03. The minimum atomic E-state index is -0.0922. The van der Waals surface area contributed by atoms with Crippen molar-refractivity contribution in [2.75, 3.05) is 6.54 Å². The first-order valence-electron chi connectivity index (χ1n) is 3.99. The van der Waals surface area contributed by atoms with E-state index in [0.717, 1.165) is 12.8 Å². The van der Waals surface area contributed by atoms with Crippen LogP contribution in [0.2, 0.25) is 0 Å². The van der Waals surface area contributed by atoms with Gasteiger partial charge in [-0.3, -0.25) is 0 Å². The van der Waals surface area contributed by atoms with Crippen LogP contribution in [0.5, 0.6) is 0 Å². The summed E-state index contributed by atoms with van der Waals surface area (Å²) in [6, 6.07) is 0.388. The van der Waals surface area contributed by atoms with Gasteiger partial charge in [0.1, 0.15) is 0 Å². The van der Waals surface area contributed by atoms with Crippen LogP contribution in [0, 0.1) is 0 Å². The molecule has 0 radical (unpaired) electrons. The molecule has 0 aromatic heterocycles. The van der Waals surface area contributed by atoms with Crippen molar-refractivity contribution in [2.45, 2.75) is 31.8 Å². The van der Waals surface area contributed by atoms with Gasteiger partial charge in [0.15, 0.2) is 0 Å². The normalized spacial score (nSPS) is 19.1. The largest absolute Gasteiger partial charge is 0.335 e. The van der Waals surface area contributed by atoms with E-state index >= 15 is 0 Å². The molecule has 0 aromatic rings. The Balaban J connectivity index is 2.08. The van der Waals surface area contributed by atoms with Gasteiger partial charge in [-0.1, -0.05) is 0 Å². The summed E-state index contributed by atoms with van der Waals surface area (Å²) in [7, 11) is 0. The van der Waals surface area contributed by atoms with Crippen molar-refractivity contribution in [2.24, 2.45) is 5.73 Å². The van der Waals surface area contributed by atoms with Crippen LogP contribution < -0.4 is 16.4 Å². The molecule has 64 valence electrons. The molecule has 1 aliphatic carbocycles. The summed E-state index contributed by atoms with van der Waals surface area (Å²) in [4.78, 5) is 11.0. The number of urea groups is 1. The van der Waals surface area contributed by atoms with E-state index in [9.17, 15) is 4.79 Å². The Morgan fingerprint density at radius 2 is 2.36 bits per heavy atom. The van der Waals surface area contributed by atoms with E-state index in [4.69, 9.17) is 5.73 Å². The first-order valence-corrected chi connectivity index (χ1v) is 3.99. The molecule has 1 saturated carbocycles. The molecule has 4 nitrogen and oxygen atoms in total. The zero-order valence-corrected chi connectivity index (χ0v) is 6.76. The predicted molar refractivity (Wildman–Crippen MR) is 43.2 cm³/mol. The molecular weight excluding hydrogens is 142 g/mol. The van der Waals surface area contributed by atoms with Crippen LogP contribution in [-0.2, 0) is 0 Å². The predicted octanol–water partition coefficient (Wildman–Crippen LogP) is -0.205. The van der Waals surface area contributed by atoms with E-state index in [-0.39, 0.29) is 12.1 Å². The highest BCUT2D eigenvalue weighted by Crippen LogP contribution is 2.18. The van der Waals surface area contributed by atoms with E-state index in [2.05, 4.69) is 10.6 Å². The fourth-order valence-corrected chi connectivity index (χ4v) is 0.737. The molecule has 0 bridgehead atoms. The molecule has 4 N–H and O–H groups in total. The lowest BCUT2D eigenvalue weighted by molar-refractivity contribution is 0.237. The summed E-state index contributed by atoms with van der Waals surface area (Å²) in [5.74, 6) is 0. The lowest BCUT2D eigenvalue weighted by atomic mass is 10.3. The Morgan fingerprint density at radius 3 is 2.82 bits per heavy atom. The molecule has 0 spiro atoms. The van der Waals surface area contributed by atoms with Crippen molar-refractivity contribution in [3.05, 3.63) is 0 Å². The molecule has 0 heterocycles. The first kappa shape index (κ1) is 8.33. The summed E-state index contributed by atoms with van der Waals surface area (Å²) < 4.78 is 0. The maximum Gasteiger partial charge on any atom is 0.315 e. The molecule has 0 saturated heterocycles. The highest BCUT2D eigenvalue weighted by atomic mass is 16.2. The maximum atomic E-state index is 11.0. The van der Waals surface area contributed by atoms with E-state index in [1.807, 2.05) is 6.92 Å². The molecular formula is C7H15N3O. The van der Waals surface area contributed by atoms with Crippen molar-refractivity contribution in [1.82, 2.24) is 10.6 Å². The fourth-order valence-electron chi connectivity index (χ4n) is 0.737. The minimum Gasteiger partial charge on any atom is -0.335 e. The Bertz CT molecular complexity index is 145. The van der Waals surface area contributed by atoms with Gasteiger partial charge in [-0.05, 0) is 19.8 Å².